The van der Waals surface area contributed by atoms with E-state index < -0.39 is 10.0 Å². The molecule has 2 rings (SSSR count). The summed E-state index contributed by atoms with van der Waals surface area (Å²) in [5, 5.41) is 2.73. The fraction of sp³-hybridized carbons (Fsp3) is 0.333. The van der Waals surface area contributed by atoms with E-state index in [4.69, 9.17) is 0 Å². The number of Topliss-reactive ketones (excluding diaryl/α,β-unsaturated/α-hetero) is 1. The van der Waals surface area contributed by atoms with Crippen molar-refractivity contribution in [2.45, 2.75) is 31.5 Å². The number of thiophene rings is 1. The second kappa shape index (κ2) is 6.88. The molecule has 0 aliphatic rings. The number of carbonyl (C=O) groups excluding carboxylic acids is 2. The normalized spacial score (nSPS) is 11.5. The zero-order valence-electron chi connectivity index (χ0n) is 13.8. The van der Waals surface area contributed by atoms with Crippen LogP contribution in [0.4, 0.5) is 0 Å². The molecule has 0 spiro atoms. The Labute approximate surface area is 144 Å². The number of rotatable bonds is 6. The fourth-order valence-corrected chi connectivity index (χ4v) is 4.59. The molecule has 1 amide bonds. The van der Waals surface area contributed by atoms with Gasteiger partial charge in [-0.2, -0.15) is 0 Å². The van der Waals surface area contributed by atoms with Crippen LogP contribution in [-0.4, -0.2) is 32.1 Å². The van der Waals surface area contributed by atoms with Crippen molar-refractivity contribution in [1.29, 1.82) is 0 Å². The van der Waals surface area contributed by atoms with Crippen molar-refractivity contribution in [1.82, 2.24) is 15.0 Å². The van der Waals surface area contributed by atoms with Gasteiger partial charge < -0.3 is 10.3 Å². The van der Waals surface area contributed by atoms with E-state index in [1.165, 1.54) is 20.0 Å². The maximum Gasteiger partial charge on any atom is 0.268 e. The molecule has 0 aliphatic heterocycles. The number of hydrogen-bond donors (Lipinski definition) is 3. The van der Waals surface area contributed by atoms with Crippen molar-refractivity contribution in [2.24, 2.45) is 0 Å². The molecule has 0 bridgehead atoms. The monoisotopic (exact) mass is 369 g/mol. The molecule has 2 aromatic rings. The highest BCUT2D eigenvalue weighted by molar-refractivity contribution is 7.91. The van der Waals surface area contributed by atoms with Crippen LogP contribution < -0.4 is 10.0 Å². The summed E-state index contributed by atoms with van der Waals surface area (Å²) >= 11 is 1.09. The van der Waals surface area contributed by atoms with Gasteiger partial charge >= 0.3 is 0 Å². The molecule has 24 heavy (non-hydrogen) atoms. The van der Waals surface area contributed by atoms with Crippen LogP contribution in [0.3, 0.4) is 0 Å². The molecule has 2 heterocycles. The van der Waals surface area contributed by atoms with Crippen LogP contribution in [0.5, 0.6) is 0 Å². The van der Waals surface area contributed by atoms with E-state index >= 15 is 0 Å². The number of aromatic nitrogens is 1. The number of ketones is 1. The highest BCUT2D eigenvalue weighted by Gasteiger charge is 2.20. The number of amides is 1. The first-order chi connectivity index (χ1) is 11.2. The highest BCUT2D eigenvalue weighted by atomic mass is 32.2. The Kier molecular flexibility index (Phi) is 5.26. The van der Waals surface area contributed by atoms with Gasteiger partial charge in [0.25, 0.3) is 5.91 Å². The van der Waals surface area contributed by atoms with Crippen LogP contribution >= 0.6 is 11.3 Å². The predicted molar refractivity (Wildman–Crippen MR) is 92.0 cm³/mol. The number of aromatic amines is 1. The van der Waals surface area contributed by atoms with E-state index in [0.29, 0.717) is 27.4 Å². The maximum atomic E-state index is 12.3. The van der Waals surface area contributed by atoms with Crippen LogP contribution in [0.1, 0.15) is 43.9 Å². The third kappa shape index (κ3) is 3.58. The average Bonchev–Trinajstić information content (AvgIpc) is 3.10. The van der Waals surface area contributed by atoms with E-state index in [0.717, 1.165) is 11.3 Å². The average molecular weight is 369 g/mol. The molecule has 0 atom stereocenters. The lowest BCUT2D eigenvalue weighted by Crippen LogP contribution is -2.23. The predicted octanol–water partition coefficient (Wildman–Crippen LogP) is 1.73. The smallest absolute Gasteiger partial charge is 0.268 e. The molecule has 9 heteroatoms. The van der Waals surface area contributed by atoms with E-state index in [-0.39, 0.29) is 22.4 Å². The second-order valence-corrected chi connectivity index (χ2v) is 8.57. The molecular formula is C15H19N3O4S2. The van der Waals surface area contributed by atoms with Crippen molar-refractivity contribution in [3.8, 4) is 0 Å². The van der Waals surface area contributed by atoms with Gasteiger partial charge in [-0.25, -0.2) is 13.1 Å². The molecular weight excluding hydrogens is 350 g/mol. The number of nitrogens with one attached hydrogen (secondary N) is 3. The molecule has 0 fully saturated rings. The van der Waals surface area contributed by atoms with Crippen LogP contribution in [-0.2, 0) is 16.6 Å². The minimum Gasteiger partial charge on any atom is -0.354 e. The van der Waals surface area contributed by atoms with Gasteiger partial charge in [0.2, 0.25) is 10.0 Å². The summed E-state index contributed by atoms with van der Waals surface area (Å²) in [5.74, 6) is -0.435. The Bertz CT molecular complexity index is 894. The Balaban J connectivity index is 2.12. The van der Waals surface area contributed by atoms with Gasteiger partial charge in [-0.1, -0.05) is 0 Å². The maximum absolute atomic E-state index is 12.3. The standard InChI is InChI=1S/C15H19N3O4S2/c1-8-13(10(3)19)9(2)18-14(8)15(20)17-7-11-5-6-12(23-11)24(21,22)16-4/h5-6,16,18H,7H2,1-4H3,(H,17,20). The minimum absolute atomic E-state index is 0.0968. The van der Waals surface area contributed by atoms with Crippen molar-refractivity contribution < 1.29 is 18.0 Å². The largest absolute Gasteiger partial charge is 0.354 e. The topological polar surface area (TPSA) is 108 Å². The van der Waals surface area contributed by atoms with Gasteiger partial charge in [0, 0.05) is 16.1 Å². The quantitative estimate of drug-likeness (QED) is 0.674. The van der Waals surface area contributed by atoms with E-state index in [2.05, 4.69) is 15.0 Å². The van der Waals surface area contributed by atoms with Crippen LogP contribution in [0.25, 0.3) is 0 Å². The van der Waals surface area contributed by atoms with Crippen molar-refractivity contribution in [3.05, 3.63) is 39.5 Å². The van der Waals surface area contributed by atoms with Crippen molar-refractivity contribution in [3.63, 3.8) is 0 Å². The SMILES string of the molecule is CNS(=O)(=O)c1ccc(CNC(=O)c2[nH]c(C)c(C(C)=O)c2C)s1. The summed E-state index contributed by atoms with van der Waals surface area (Å²) in [4.78, 5) is 27.6. The van der Waals surface area contributed by atoms with Gasteiger partial charge in [0.05, 0.1) is 6.54 Å². The molecule has 0 saturated heterocycles. The van der Waals surface area contributed by atoms with Gasteiger partial charge in [0.15, 0.2) is 5.78 Å². The first kappa shape index (κ1) is 18.4. The lowest BCUT2D eigenvalue weighted by atomic mass is 10.1. The molecule has 2 aromatic heterocycles. The lowest BCUT2D eigenvalue weighted by Gasteiger charge is -2.03. The van der Waals surface area contributed by atoms with Gasteiger partial charge in [0.1, 0.15) is 9.90 Å². The summed E-state index contributed by atoms with van der Waals surface area (Å²) in [6.45, 7) is 5.13. The summed E-state index contributed by atoms with van der Waals surface area (Å²) in [6, 6.07) is 3.15. The highest BCUT2D eigenvalue weighted by Crippen LogP contribution is 2.22. The molecule has 0 aromatic carbocycles. The number of carbonyl (C=O) groups is 2. The van der Waals surface area contributed by atoms with Gasteiger partial charge in [-0.3, -0.25) is 9.59 Å². The third-order valence-electron chi connectivity index (χ3n) is 3.61. The number of hydrogen-bond acceptors (Lipinski definition) is 5. The Hall–Kier alpha value is -1.97. The Morgan fingerprint density at radius 3 is 2.46 bits per heavy atom. The molecule has 7 nitrogen and oxygen atoms in total. The Morgan fingerprint density at radius 2 is 1.92 bits per heavy atom. The van der Waals surface area contributed by atoms with E-state index in [1.54, 1.807) is 19.9 Å². The molecule has 0 unspecified atom stereocenters. The summed E-state index contributed by atoms with van der Waals surface area (Å²) in [7, 11) is -2.13. The molecule has 0 saturated carbocycles. The number of sulfonamides is 1. The van der Waals surface area contributed by atoms with Crippen LogP contribution in [0.15, 0.2) is 16.3 Å². The minimum atomic E-state index is -3.47. The zero-order valence-corrected chi connectivity index (χ0v) is 15.4. The van der Waals surface area contributed by atoms with E-state index in [1.807, 2.05) is 0 Å². The first-order valence-corrected chi connectivity index (χ1v) is 9.48. The first-order valence-electron chi connectivity index (χ1n) is 7.18. The molecule has 0 radical (unpaired) electrons. The molecule has 0 aliphatic carbocycles. The zero-order chi connectivity index (χ0) is 18.1. The lowest BCUT2D eigenvalue weighted by molar-refractivity contribution is 0.0946. The number of aryl methyl sites for hydroxylation is 1. The van der Waals surface area contributed by atoms with Gasteiger partial charge in [-0.05, 0) is 45.5 Å². The van der Waals surface area contributed by atoms with Gasteiger partial charge in [-0.15, -0.1) is 11.3 Å². The number of H-pyrrole nitrogens is 1. The van der Waals surface area contributed by atoms with E-state index in [9.17, 15) is 18.0 Å². The van der Waals surface area contributed by atoms with Crippen LogP contribution in [0, 0.1) is 13.8 Å². The molecule has 130 valence electrons. The van der Waals surface area contributed by atoms with Crippen molar-refractivity contribution in [2.75, 3.05) is 7.05 Å². The summed E-state index contributed by atoms with van der Waals surface area (Å²) < 4.78 is 25.8. The Morgan fingerprint density at radius 1 is 1.25 bits per heavy atom. The summed E-state index contributed by atoms with van der Waals surface area (Å²) in [5.41, 5.74) is 2.14. The third-order valence-corrected chi connectivity index (χ3v) is 6.60. The summed E-state index contributed by atoms with van der Waals surface area (Å²) in [6.07, 6.45) is 0. The second-order valence-electron chi connectivity index (χ2n) is 5.29. The fourth-order valence-electron chi connectivity index (χ4n) is 2.46. The molecule has 3 N–H and O–H groups in total. The van der Waals surface area contributed by atoms with Crippen molar-refractivity contribution >= 4 is 33.1 Å². The van der Waals surface area contributed by atoms with Crippen LogP contribution in [0.2, 0.25) is 0 Å².